The molecule has 0 fully saturated rings. The highest BCUT2D eigenvalue weighted by molar-refractivity contribution is 6.30. The molecule has 1 N–H and O–H groups in total. The van der Waals surface area contributed by atoms with Gasteiger partial charge in [-0.3, -0.25) is 10.00 Å². The van der Waals surface area contributed by atoms with Crippen LogP contribution < -0.4 is 5.32 Å². The Morgan fingerprint density at radius 1 is 1.60 bits per heavy atom. The van der Waals surface area contributed by atoms with Gasteiger partial charge in [0.1, 0.15) is 5.15 Å². The Bertz CT molecular complexity index is 399. The van der Waals surface area contributed by atoms with E-state index >= 15 is 0 Å². The molecule has 0 aliphatic heterocycles. The van der Waals surface area contributed by atoms with Crippen LogP contribution in [0.25, 0.3) is 0 Å². The lowest BCUT2D eigenvalue weighted by atomic mass is 10.1. The number of rotatable bonds is 3. The van der Waals surface area contributed by atoms with Crippen molar-refractivity contribution in [3.63, 3.8) is 0 Å². The quantitative estimate of drug-likeness (QED) is 0.797. The summed E-state index contributed by atoms with van der Waals surface area (Å²) in [6.45, 7) is 6.47. The van der Waals surface area contributed by atoms with Gasteiger partial charge in [-0.05, 0) is 20.8 Å². The van der Waals surface area contributed by atoms with E-state index in [0.29, 0.717) is 11.7 Å². The minimum Gasteiger partial charge on any atom is -0.297 e. The van der Waals surface area contributed by atoms with Crippen LogP contribution in [0.1, 0.15) is 25.1 Å². The molecule has 0 unspecified atom stereocenters. The summed E-state index contributed by atoms with van der Waals surface area (Å²) in [5.41, 5.74) is 1.61. The van der Waals surface area contributed by atoms with Crippen molar-refractivity contribution in [3.05, 3.63) is 16.4 Å². The van der Waals surface area contributed by atoms with E-state index in [1.807, 2.05) is 27.8 Å². The zero-order valence-electron chi connectivity index (χ0n) is 9.56. The van der Waals surface area contributed by atoms with Crippen LogP contribution in [0.15, 0.2) is 0 Å². The van der Waals surface area contributed by atoms with Crippen molar-refractivity contribution in [3.8, 4) is 12.3 Å². The Kier molecular flexibility index (Phi) is 3.43. The molecule has 1 aromatic rings. The molecule has 0 bridgehead atoms. The van der Waals surface area contributed by atoms with E-state index in [0.717, 1.165) is 11.3 Å². The summed E-state index contributed by atoms with van der Waals surface area (Å²) in [7, 11) is 1.82. The molecule has 0 atom stereocenters. The number of nitrogens with zero attached hydrogens (tertiary/aromatic N) is 2. The summed E-state index contributed by atoms with van der Waals surface area (Å²) in [5, 5.41) is 8.14. The molecule has 15 heavy (non-hydrogen) atoms. The van der Waals surface area contributed by atoms with Crippen molar-refractivity contribution in [2.24, 2.45) is 7.05 Å². The van der Waals surface area contributed by atoms with Crippen molar-refractivity contribution in [2.45, 2.75) is 32.9 Å². The Morgan fingerprint density at radius 2 is 2.20 bits per heavy atom. The molecule has 0 aliphatic rings. The first-order valence-electron chi connectivity index (χ1n) is 4.78. The topological polar surface area (TPSA) is 29.9 Å². The van der Waals surface area contributed by atoms with E-state index in [-0.39, 0.29) is 5.54 Å². The molecule has 82 valence electrons. The second kappa shape index (κ2) is 4.26. The molecule has 0 spiro atoms. The average Bonchev–Trinajstić information content (AvgIpc) is 2.39. The number of hydrogen-bond donors (Lipinski definition) is 1. The highest BCUT2D eigenvalue weighted by Gasteiger charge is 2.16. The largest absolute Gasteiger partial charge is 0.297 e. The molecule has 1 rings (SSSR count). The second-order valence-corrected chi connectivity index (χ2v) is 4.46. The summed E-state index contributed by atoms with van der Waals surface area (Å²) < 4.78 is 1.66. The third-order valence-electron chi connectivity index (χ3n) is 2.34. The minimum atomic E-state index is -0.328. The van der Waals surface area contributed by atoms with Gasteiger partial charge in [0.15, 0.2) is 0 Å². The van der Waals surface area contributed by atoms with Crippen molar-refractivity contribution < 1.29 is 0 Å². The van der Waals surface area contributed by atoms with Gasteiger partial charge in [0.2, 0.25) is 0 Å². The number of aromatic nitrogens is 2. The molecular formula is C11H16ClN3. The number of nitrogens with one attached hydrogen (secondary N) is 1. The molecule has 0 amide bonds. The van der Waals surface area contributed by atoms with Crippen molar-refractivity contribution in [1.29, 1.82) is 0 Å². The first-order valence-corrected chi connectivity index (χ1v) is 5.16. The lowest BCUT2D eigenvalue weighted by Gasteiger charge is -2.19. The van der Waals surface area contributed by atoms with Gasteiger partial charge in [0.25, 0.3) is 0 Å². The van der Waals surface area contributed by atoms with Crippen LogP contribution >= 0.6 is 11.6 Å². The molecule has 0 aromatic carbocycles. The molecule has 0 saturated heterocycles. The second-order valence-electron chi connectivity index (χ2n) is 4.10. The van der Waals surface area contributed by atoms with Gasteiger partial charge in [0, 0.05) is 19.2 Å². The van der Waals surface area contributed by atoms with Crippen LogP contribution in [0.3, 0.4) is 0 Å². The van der Waals surface area contributed by atoms with Gasteiger partial charge in [0.05, 0.1) is 11.2 Å². The van der Waals surface area contributed by atoms with Crippen molar-refractivity contribution >= 4 is 11.6 Å². The van der Waals surface area contributed by atoms with E-state index in [9.17, 15) is 0 Å². The highest BCUT2D eigenvalue weighted by Crippen LogP contribution is 2.18. The average molecular weight is 226 g/mol. The van der Waals surface area contributed by atoms with Crippen molar-refractivity contribution in [1.82, 2.24) is 15.1 Å². The van der Waals surface area contributed by atoms with E-state index in [4.69, 9.17) is 18.0 Å². The molecule has 1 aromatic heterocycles. The Labute approximate surface area is 95.8 Å². The van der Waals surface area contributed by atoms with E-state index < -0.39 is 0 Å². The van der Waals surface area contributed by atoms with Crippen LogP contribution in [0.2, 0.25) is 5.15 Å². The number of hydrogen-bond acceptors (Lipinski definition) is 2. The van der Waals surface area contributed by atoms with Crippen molar-refractivity contribution in [2.75, 3.05) is 0 Å². The summed E-state index contributed by atoms with van der Waals surface area (Å²) in [5.74, 6) is 2.68. The smallest absolute Gasteiger partial charge is 0.131 e. The Hall–Kier alpha value is -0.980. The molecule has 0 radical (unpaired) electrons. The third kappa shape index (κ3) is 2.74. The monoisotopic (exact) mass is 225 g/mol. The Balaban J connectivity index is 2.79. The van der Waals surface area contributed by atoms with Crippen LogP contribution in [-0.4, -0.2) is 15.3 Å². The van der Waals surface area contributed by atoms with Gasteiger partial charge < -0.3 is 0 Å². The maximum Gasteiger partial charge on any atom is 0.131 e. The third-order valence-corrected chi connectivity index (χ3v) is 2.81. The van der Waals surface area contributed by atoms with E-state index in [2.05, 4.69) is 16.3 Å². The fourth-order valence-corrected chi connectivity index (χ4v) is 1.48. The molecule has 0 aliphatic carbocycles. The zero-order chi connectivity index (χ0) is 11.6. The first kappa shape index (κ1) is 12.1. The molecular weight excluding hydrogens is 210 g/mol. The molecule has 0 saturated carbocycles. The number of terminal acetylenes is 1. The van der Waals surface area contributed by atoms with E-state index in [1.54, 1.807) is 4.68 Å². The molecule has 3 nitrogen and oxygen atoms in total. The maximum absolute atomic E-state index is 6.09. The summed E-state index contributed by atoms with van der Waals surface area (Å²) >= 11 is 6.09. The maximum atomic E-state index is 6.09. The lowest BCUT2D eigenvalue weighted by Crippen LogP contribution is -2.37. The van der Waals surface area contributed by atoms with Gasteiger partial charge >= 0.3 is 0 Å². The fourth-order valence-electron chi connectivity index (χ4n) is 1.24. The van der Waals surface area contributed by atoms with Gasteiger partial charge in [-0.2, -0.15) is 5.10 Å². The van der Waals surface area contributed by atoms with Gasteiger partial charge in [-0.25, -0.2) is 0 Å². The standard InChI is InChI=1S/C11H16ClN3/c1-6-11(3,4)13-7-9-8(2)14-15(5)10(9)12/h1,13H,7H2,2-5H3. The first-order chi connectivity index (χ1) is 6.87. The summed E-state index contributed by atoms with van der Waals surface area (Å²) in [4.78, 5) is 0. The predicted molar refractivity (Wildman–Crippen MR) is 62.7 cm³/mol. The summed E-state index contributed by atoms with van der Waals surface area (Å²) in [6.07, 6.45) is 5.39. The highest BCUT2D eigenvalue weighted by atomic mass is 35.5. The van der Waals surface area contributed by atoms with Crippen LogP contribution in [-0.2, 0) is 13.6 Å². The predicted octanol–water partition coefficient (Wildman–Crippen LogP) is 1.88. The van der Waals surface area contributed by atoms with Gasteiger partial charge in [-0.15, -0.1) is 6.42 Å². The van der Waals surface area contributed by atoms with Crippen LogP contribution in [0.5, 0.6) is 0 Å². The molecule has 4 heteroatoms. The van der Waals surface area contributed by atoms with Crippen LogP contribution in [0.4, 0.5) is 0 Å². The van der Waals surface area contributed by atoms with Gasteiger partial charge in [-0.1, -0.05) is 17.5 Å². The summed E-state index contributed by atoms with van der Waals surface area (Å²) in [6, 6.07) is 0. The van der Waals surface area contributed by atoms with E-state index in [1.165, 1.54) is 0 Å². The van der Waals surface area contributed by atoms with Crippen LogP contribution in [0, 0.1) is 19.3 Å². The fraction of sp³-hybridized carbons (Fsp3) is 0.545. The SMILES string of the molecule is C#CC(C)(C)NCc1c(C)nn(C)c1Cl. The minimum absolute atomic E-state index is 0.328. The normalized spacial score (nSPS) is 11.5. The molecule has 1 heterocycles. The number of halogens is 1. The Morgan fingerprint density at radius 3 is 2.60 bits per heavy atom. The number of aryl methyl sites for hydroxylation is 2. The lowest BCUT2D eigenvalue weighted by molar-refractivity contribution is 0.490. The zero-order valence-corrected chi connectivity index (χ0v) is 10.3.